The molecule has 2 N–H and O–H groups in total. The first-order valence-electron chi connectivity index (χ1n) is 6.91. The number of hydrogen-bond acceptors (Lipinski definition) is 4. The van der Waals surface area contributed by atoms with Gasteiger partial charge in [0.1, 0.15) is 0 Å². The van der Waals surface area contributed by atoms with Crippen molar-refractivity contribution < 1.29 is 5.21 Å². The van der Waals surface area contributed by atoms with Crippen molar-refractivity contribution in [3.05, 3.63) is 0 Å². The Morgan fingerprint density at radius 3 is 2.00 bits per heavy atom. The summed E-state index contributed by atoms with van der Waals surface area (Å²) in [5, 5.41) is 14.9. The van der Waals surface area contributed by atoms with E-state index in [1.165, 1.54) is 25.9 Å². The summed E-state index contributed by atoms with van der Waals surface area (Å²) in [4.78, 5) is 2.36. The highest BCUT2D eigenvalue weighted by molar-refractivity contribution is 5.84. The quantitative estimate of drug-likeness (QED) is 0.442. The van der Waals surface area contributed by atoms with Gasteiger partial charge in [-0.2, -0.15) is 0 Å². The first-order chi connectivity index (χ1) is 8.28. The molecule has 4 nitrogen and oxygen atoms in total. The van der Waals surface area contributed by atoms with Crippen LogP contribution < -0.4 is 5.32 Å². The van der Waals surface area contributed by atoms with Crippen LogP contribution in [0.5, 0.6) is 0 Å². The molecule has 0 spiro atoms. The van der Waals surface area contributed by atoms with E-state index in [-0.39, 0.29) is 0 Å². The maximum absolute atomic E-state index is 8.42. The Balaban J connectivity index is 0.000000325. The Morgan fingerprint density at radius 1 is 1.12 bits per heavy atom. The van der Waals surface area contributed by atoms with E-state index in [1.807, 2.05) is 0 Å². The molecule has 1 aliphatic heterocycles. The van der Waals surface area contributed by atoms with Crippen molar-refractivity contribution in [1.82, 2.24) is 10.2 Å². The van der Waals surface area contributed by atoms with Gasteiger partial charge in [0.2, 0.25) is 0 Å². The minimum Gasteiger partial charge on any atom is -0.411 e. The van der Waals surface area contributed by atoms with E-state index in [9.17, 15) is 0 Å². The Kier molecular flexibility index (Phi) is 11.4. The fourth-order valence-electron chi connectivity index (χ4n) is 1.71. The van der Waals surface area contributed by atoms with E-state index in [4.69, 9.17) is 5.21 Å². The minimum absolute atomic E-state index is 0.935. The molecule has 0 saturated carbocycles. The molecule has 0 aromatic rings. The average Bonchev–Trinajstić information content (AvgIpc) is 2.40. The van der Waals surface area contributed by atoms with E-state index in [2.05, 4.69) is 36.1 Å². The molecule has 0 atom stereocenters. The minimum atomic E-state index is 0.935. The van der Waals surface area contributed by atoms with E-state index in [0.717, 1.165) is 38.2 Å². The second-order valence-corrected chi connectivity index (χ2v) is 4.35. The second kappa shape index (κ2) is 11.9. The van der Waals surface area contributed by atoms with Crippen molar-refractivity contribution in [2.45, 2.75) is 46.5 Å². The maximum Gasteiger partial charge on any atom is 0.0596 e. The Labute approximate surface area is 106 Å². The molecule has 1 saturated heterocycles. The van der Waals surface area contributed by atoms with Crippen LogP contribution in [0, 0.1) is 0 Å². The van der Waals surface area contributed by atoms with Gasteiger partial charge in [-0.05, 0) is 32.5 Å². The fourth-order valence-corrected chi connectivity index (χ4v) is 1.71. The summed E-state index contributed by atoms with van der Waals surface area (Å²) in [6, 6.07) is 0. The molecular formula is C13H29N3O. The zero-order valence-corrected chi connectivity index (χ0v) is 11.7. The smallest absolute Gasteiger partial charge is 0.0596 e. The fraction of sp³-hybridized carbons (Fsp3) is 0.923. The highest BCUT2D eigenvalue weighted by Crippen LogP contribution is 2.05. The molecule has 1 aliphatic rings. The van der Waals surface area contributed by atoms with E-state index in [0.29, 0.717) is 0 Å². The van der Waals surface area contributed by atoms with Crippen LogP contribution in [0.4, 0.5) is 0 Å². The van der Waals surface area contributed by atoms with Gasteiger partial charge in [0, 0.05) is 25.9 Å². The van der Waals surface area contributed by atoms with Crippen LogP contribution in [0.15, 0.2) is 5.16 Å². The summed E-state index contributed by atoms with van der Waals surface area (Å²) in [5.41, 5.74) is 0.949. The number of nitrogens with zero attached hydrogens (tertiary/aromatic N) is 2. The monoisotopic (exact) mass is 243 g/mol. The van der Waals surface area contributed by atoms with Crippen molar-refractivity contribution in [2.24, 2.45) is 5.16 Å². The van der Waals surface area contributed by atoms with Crippen molar-refractivity contribution in [3.63, 3.8) is 0 Å². The van der Waals surface area contributed by atoms with Gasteiger partial charge in [0.25, 0.3) is 0 Å². The lowest BCUT2D eigenvalue weighted by molar-refractivity contribution is 0.274. The number of likely N-dealkylation sites (tertiary alicyclic amines) is 1. The number of piperidine rings is 1. The average molecular weight is 243 g/mol. The second-order valence-electron chi connectivity index (χ2n) is 4.35. The molecule has 17 heavy (non-hydrogen) atoms. The zero-order valence-electron chi connectivity index (χ0n) is 11.7. The predicted octanol–water partition coefficient (Wildman–Crippen LogP) is 2.33. The first kappa shape index (κ1) is 16.4. The highest BCUT2D eigenvalue weighted by atomic mass is 16.4. The van der Waals surface area contributed by atoms with Crippen molar-refractivity contribution in [2.75, 3.05) is 32.7 Å². The van der Waals surface area contributed by atoms with Crippen molar-refractivity contribution in [1.29, 1.82) is 0 Å². The lowest BCUT2D eigenvalue weighted by Gasteiger charge is -2.24. The maximum atomic E-state index is 8.42. The van der Waals surface area contributed by atoms with Crippen molar-refractivity contribution in [3.8, 4) is 0 Å². The number of nitrogens with one attached hydrogen (secondary N) is 1. The molecule has 0 aromatic carbocycles. The lowest BCUT2D eigenvalue weighted by Crippen LogP contribution is -2.33. The van der Waals surface area contributed by atoms with Crippen LogP contribution in [0.2, 0.25) is 0 Å². The summed E-state index contributed by atoms with van der Waals surface area (Å²) in [7, 11) is 0. The van der Waals surface area contributed by atoms with Gasteiger partial charge in [-0.3, -0.25) is 0 Å². The molecule has 0 radical (unpaired) electrons. The Morgan fingerprint density at radius 2 is 1.65 bits per heavy atom. The molecule has 0 amide bonds. The molecule has 0 unspecified atom stereocenters. The van der Waals surface area contributed by atoms with Gasteiger partial charge in [-0.25, -0.2) is 0 Å². The first-order valence-corrected chi connectivity index (χ1v) is 6.91. The molecular weight excluding hydrogens is 214 g/mol. The predicted molar refractivity (Wildman–Crippen MR) is 74.0 cm³/mol. The van der Waals surface area contributed by atoms with Gasteiger partial charge in [-0.15, -0.1) is 0 Å². The van der Waals surface area contributed by atoms with Crippen molar-refractivity contribution >= 4 is 5.71 Å². The van der Waals surface area contributed by atoms with Crippen LogP contribution in [0.1, 0.15) is 46.5 Å². The van der Waals surface area contributed by atoms with Gasteiger partial charge in [0.15, 0.2) is 0 Å². The number of hydrogen-bond donors (Lipinski definition) is 2. The third-order valence-electron chi connectivity index (χ3n) is 2.88. The molecule has 102 valence electrons. The van der Waals surface area contributed by atoms with Gasteiger partial charge in [0.05, 0.1) is 5.71 Å². The summed E-state index contributed by atoms with van der Waals surface area (Å²) < 4.78 is 0. The Bertz CT molecular complexity index is 181. The summed E-state index contributed by atoms with van der Waals surface area (Å²) in [6.45, 7) is 12.1. The van der Waals surface area contributed by atoms with Gasteiger partial charge < -0.3 is 15.4 Å². The summed E-state index contributed by atoms with van der Waals surface area (Å²) in [6.07, 6.45) is 4.37. The van der Waals surface area contributed by atoms with Crippen LogP contribution in [0.3, 0.4) is 0 Å². The third kappa shape index (κ3) is 9.12. The normalized spacial score (nSPS) is 16.3. The zero-order chi connectivity index (χ0) is 12.9. The highest BCUT2D eigenvalue weighted by Gasteiger charge is 2.12. The molecule has 0 bridgehead atoms. The Hall–Kier alpha value is -0.610. The van der Waals surface area contributed by atoms with Crippen LogP contribution in [-0.2, 0) is 0 Å². The standard InChI is InChI=1S/C7H14N2O.C6H15N/c1-2-9-5-3-7(8-10)4-6-9;1-3-5-7-6-4-2/h10H,2-6H2,1H3;7H,3-6H2,1-2H3. The van der Waals surface area contributed by atoms with Crippen LogP contribution in [0.25, 0.3) is 0 Å². The van der Waals surface area contributed by atoms with E-state index < -0.39 is 0 Å². The molecule has 1 heterocycles. The van der Waals surface area contributed by atoms with Gasteiger partial charge in [-0.1, -0.05) is 25.9 Å². The molecule has 1 rings (SSSR count). The lowest BCUT2D eigenvalue weighted by atomic mass is 10.1. The van der Waals surface area contributed by atoms with E-state index >= 15 is 0 Å². The van der Waals surface area contributed by atoms with Crippen LogP contribution in [-0.4, -0.2) is 48.5 Å². The molecule has 1 fully saturated rings. The summed E-state index contributed by atoms with van der Waals surface area (Å²) >= 11 is 0. The van der Waals surface area contributed by atoms with Crippen LogP contribution >= 0.6 is 0 Å². The SMILES string of the molecule is CCCNCCC.CCN1CCC(=NO)CC1. The number of rotatable bonds is 5. The topological polar surface area (TPSA) is 47.9 Å². The third-order valence-corrected chi connectivity index (χ3v) is 2.88. The molecule has 0 aromatic heterocycles. The van der Waals surface area contributed by atoms with E-state index in [1.54, 1.807) is 0 Å². The largest absolute Gasteiger partial charge is 0.411 e. The summed E-state index contributed by atoms with van der Waals surface area (Å²) in [5.74, 6) is 0. The molecule has 4 heteroatoms. The number of oxime groups is 1. The molecule has 0 aliphatic carbocycles. The van der Waals surface area contributed by atoms with Gasteiger partial charge >= 0.3 is 0 Å².